The van der Waals surface area contributed by atoms with Crippen LogP contribution in [0, 0.1) is 17.4 Å². The van der Waals surface area contributed by atoms with E-state index in [1.165, 1.54) is 9.13 Å². The molecule has 0 saturated heterocycles. The number of hydrogen-bond donors (Lipinski definition) is 1. The van der Waals surface area contributed by atoms with Gasteiger partial charge in [-0.25, -0.2) is 0 Å². The van der Waals surface area contributed by atoms with Crippen LogP contribution in [0.25, 0.3) is 16.7 Å². The molecule has 0 amide bonds. The number of aromatic nitrogens is 3. The van der Waals surface area contributed by atoms with Gasteiger partial charge >= 0.3 is 0 Å². The van der Waals surface area contributed by atoms with E-state index < -0.39 is 0 Å². The van der Waals surface area contributed by atoms with E-state index in [2.05, 4.69) is 74.7 Å². The molecule has 1 aromatic heterocycles. The van der Waals surface area contributed by atoms with Crippen LogP contribution in [0.3, 0.4) is 0 Å². The lowest BCUT2D eigenvalue weighted by Crippen LogP contribution is -2.02. The molecule has 20 heavy (non-hydrogen) atoms. The van der Waals surface area contributed by atoms with Gasteiger partial charge < -0.3 is 5.73 Å². The number of nitrogen functional groups attached to an aromatic ring is 1. The topological polar surface area (TPSA) is 56.7 Å². The van der Waals surface area contributed by atoms with Crippen LogP contribution >= 0.6 is 38.5 Å². The standard InChI is InChI=1S/C14H12BrIN4/c1-7-6-12(8(2)5-9(7)16)20-18-11-4-3-10(17)13(15)14(11)19-20/h3-6H,17H2,1-2H3. The minimum Gasteiger partial charge on any atom is -0.398 e. The zero-order valence-corrected chi connectivity index (χ0v) is 14.7. The summed E-state index contributed by atoms with van der Waals surface area (Å²) in [6.07, 6.45) is 0. The van der Waals surface area contributed by atoms with Gasteiger partial charge in [0.25, 0.3) is 0 Å². The van der Waals surface area contributed by atoms with Crippen LogP contribution in [0.1, 0.15) is 11.1 Å². The number of halogens is 2. The average molecular weight is 443 g/mol. The van der Waals surface area contributed by atoms with Crippen LogP contribution in [0.5, 0.6) is 0 Å². The van der Waals surface area contributed by atoms with E-state index in [-0.39, 0.29) is 0 Å². The maximum atomic E-state index is 5.88. The van der Waals surface area contributed by atoms with Crippen LogP contribution in [-0.4, -0.2) is 15.0 Å². The Hall–Kier alpha value is -1.15. The first-order valence-corrected chi connectivity index (χ1v) is 7.92. The van der Waals surface area contributed by atoms with E-state index in [1.54, 1.807) is 4.80 Å². The quantitative estimate of drug-likeness (QED) is 0.458. The summed E-state index contributed by atoms with van der Waals surface area (Å²) >= 11 is 5.81. The summed E-state index contributed by atoms with van der Waals surface area (Å²) in [5.41, 5.74) is 11.5. The van der Waals surface area contributed by atoms with Crippen molar-refractivity contribution in [3.05, 3.63) is 43.4 Å². The van der Waals surface area contributed by atoms with Crippen molar-refractivity contribution >= 4 is 55.2 Å². The molecule has 4 nitrogen and oxygen atoms in total. The monoisotopic (exact) mass is 442 g/mol. The van der Waals surface area contributed by atoms with Crippen molar-refractivity contribution in [3.8, 4) is 5.69 Å². The van der Waals surface area contributed by atoms with Crippen molar-refractivity contribution in [3.63, 3.8) is 0 Å². The van der Waals surface area contributed by atoms with Gasteiger partial charge in [-0.15, -0.1) is 10.2 Å². The van der Waals surface area contributed by atoms with Crippen LogP contribution in [0.4, 0.5) is 5.69 Å². The number of fused-ring (bicyclic) bond motifs is 1. The molecule has 2 aromatic carbocycles. The lowest BCUT2D eigenvalue weighted by Gasteiger charge is -2.07. The smallest absolute Gasteiger partial charge is 0.129 e. The zero-order valence-electron chi connectivity index (χ0n) is 11.0. The summed E-state index contributed by atoms with van der Waals surface area (Å²) in [6.45, 7) is 4.15. The molecule has 0 atom stereocenters. The number of rotatable bonds is 1. The van der Waals surface area contributed by atoms with Crippen LogP contribution in [0.2, 0.25) is 0 Å². The Balaban J connectivity index is 2.25. The Morgan fingerprint density at radius 1 is 1.15 bits per heavy atom. The van der Waals surface area contributed by atoms with Gasteiger partial charge in [-0.3, -0.25) is 0 Å². The highest BCUT2D eigenvalue weighted by Crippen LogP contribution is 2.28. The summed E-state index contributed by atoms with van der Waals surface area (Å²) in [5, 5.41) is 9.09. The maximum Gasteiger partial charge on any atom is 0.129 e. The summed E-state index contributed by atoms with van der Waals surface area (Å²) in [4.78, 5) is 1.67. The van der Waals surface area contributed by atoms with E-state index in [4.69, 9.17) is 5.73 Å². The average Bonchev–Trinajstić information content (AvgIpc) is 2.83. The first-order valence-electron chi connectivity index (χ1n) is 6.05. The fraction of sp³-hybridized carbons (Fsp3) is 0.143. The third-order valence-electron chi connectivity index (χ3n) is 3.21. The van der Waals surface area contributed by atoms with Crippen molar-refractivity contribution in [1.82, 2.24) is 15.0 Å². The largest absolute Gasteiger partial charge is 0.398 e. The van der Waals surface area contributed by atoms with Gasteiger partial charge in [0.15, 0.2) is 0 Å². The van der Waals surface area contributed by atoms with Crippen LogP contribution < -0.4 is 5.73 Å². The number of nitrogens with zero attached hydrogens (tertiary/aromatic N) is 3. The van der Waals surface area contributed by atoms with Crippen molar-refractivity contribution in [2.45, 2.75) is 13.8 Å². The fourth-order valence-corrected chi connectivity index (χ4v) is 3.09. The highest BCUT2D eigenvalue weighted by atomic mass is 127. The van der Waals surface area contributed by atoms with E-state index >= 15 is 0 Å². The molecule has 102 valence electrons. The van der Waals surface area contributed by atoms with E-state index in [1.807, 2.05) is 12.1 Å². The number of nitrogens with two attached hydrogens (primary N) is 1. The highest BCUT2D eigenvalue weighted by Gasteiger charge is 2.12. The molecule has 0 spiro atoms. The fourth-order valence-electron chi connectivity index (χ4n) is 2.05. The van der Waals surface area contributed by atoms with Crippen molar-refractivity contribution in [2.75, 3.05) is 5.73 Å². The number of benzene rings is 2. The minimum atomic E-state index is 0.667. The van der Waals surface area contributed by atoms with Gasteiger partial charge in [-0.05, 0) is 87.8 Å². The third kappa shape index (κ3) is 2.20. The number of anilines is 1. The molecular weight excluding hydrogens is 431 g/mol. The van der Waals surface area contributed by atoms with Crippen LogP contribution in [0.15, 0.2) is 28.7 Å². The lowest BCUT2D eigenvalue weighted by molar-refractivity contribution is 0.759. The molecule has 1 heterocycles. The second kappa shape index (κ2) is 5.00. The molecule has 3 aromatic rings. The Bertz CT molecular complexity index is 826. The van der Waals surface area contributed by atoms with E-state index in [0.717, 1.165) is 26.8 Å². The zero-order chi connectivity index (χ0) is 14.4. The molecule has 6 heteroatoms. The van der Waals surface area contributed by atoms with E-state index in [9.17, 15) is 0 Å². The van der Waals surface area contributed by atoms with E-state index in [0.29, 0.717) is 5.69 Å². The van der Waals surface area contributed by atoms with Gasteiger partial charge in [-0.2, -0.15) is 4.80 Å². The summed E-state index contributed by atoms with van der Waals surface area (Å²) in [5.74, 6) is 0. The predicted molar refractivity (Wildman–Crippen MR) is 93.2 cm³/mol. The van der Waals surface area contributed by atoms with Gasteiger partial charge in [0.05, 0.1) is 10.2 Å². The Morgan fingerprint density at radius 3 is 2.65 bits per heavy atom. The molecule has 0 fully saturated rings. The van der Waals surface area contributed by atoms with Gasteiger partial charge in [0, 0.05) is 9.26 Å². The third-order valence-corrected chi connectivity index (χ3v) is 5.21. The number of aryl methyl sites for hydroxylation is 2. The normalized spacial score (nSPS) is 11.2. The van der Waals surface area contributed by atoms with Crippen molar-refractivity contribution in [2.24, 2.45) is 0 Å². The summed E-state index contributed by atoms with van der Waals surface area (Å²) in [7, 11) is 0. The second-order valence-corrected chi connectivity index (χ2v) is 6.67. The second-order valence-electron chi connectivity index (χ2n) is 4.71. The van der Waals surface area contributed by atoms with Gasteiger partial charge in [0.2, 0.25) is 0 Å². The van der Waals surface area contributed by atoms with Crippen molar-refractivity contribution < 1.29 is 0 Å². The molecule has 0 aliphatic rings. The van der Waals surface area contributed by atoms with Crippen molar-refractivity contribution in [1.29, 1.82) is 0 Å². The van der Waals surface area contributed by atoms with Gasteiger partial charge in [-0.1, -0.05) is 0 Å². The summed E-state index contributed by atoms with van der Waals surface area (Å²) in [6, 6.07) is 7.96. The summed E-state index contributed by atoms with van der Waals surface area (Å²) < 4.78 is 2.03. The van der Waals surface area contributed by atoms with Crippen LogP contribution in [-0.2, 0) is 0 Å². The SMILES string of the molecule is Cc1cc(-n2nc3ccc(N)c(Br)c3n2)c(C)cc1I. The maximum absolute atomic E-state index is 5.88. The molecular formula is C14H12BrIN4. The molecule has 0 aliphatic heterocycles. The first kappa shape index (κ1) is 13.8. The molecule has 2 N–H and O–H groups in total. The predicted octanol–water partition coefficient (Wildman–Crippen LogP) is 3.99. The molecule has 0 bridgehead atoms. The highest BCUT2D eigenvalue weighted by molar-refractivity contribution is 14.1. The first-order chi connectivity index (χ1) is 9.47. The lowest BCUT2D eigenvalue weighted by atomic mass is 10.1. The Morgan fingerprint density at radius 2 is 1.90 bits per heavy atom. The molecule has 0 saturated carbocycles. The Labute approximate surface area is 138 Å². The molecule has 0 aliphatic carbocycles. The molecule has 0 unspecified atom stereocenters. The Kier molecular flexibility index (Phi) is 3.45. The minimum absolute atomic E-state index is 0.667. The number of hydrogen-bond acceptors (Lipinski definition) is 3. The molecule has 3 rings (SSSR count). The van der Waals surface area contributed by atoms with Gasteiger partial charge in [0.1, 0.15) is 11.0 Å². The molecule has 0 radical (unpaired) electrons.